The fourth-order valence-corrected chi connectivity index (χ4v) is 6.28. The van der Waals surface area contributed by atoms with E-state index >= 15 is 0 Å². The first-order valence-corrected chi connectivity index (χ1v) is 13.9. The third-order valence-corrected chi connectivity index (χ3v) is 8.09. The molecule has 0 saturated carbocycles. The van der Waals surface area contributed by atoms with E-state index < -0.39 is 34.0 Å². The van der Waals surface area contributed by atoms with Gasteiger partial charge in [-0.2, -0.15) is 4.31 Å². The molecule has 2 aromatic rings. The van der Waals surface area contributed by atoms with E-state index in [0.29, 0.717) is 30.5 Å². The molecule has 0 spiro atoms. The maximum Gasteiger partial charge on any atom is 0.326 e. The minimum atomic E-state index is -3.78. The maximum atomic E-state index is 13.0. The molecule has 3 N–H and O–H groups in total. The van der Waals surface area contributed by atoms with Crippen LogP contribution in [-0.2, 0) is 43.0 Å². The summed E-state index contributed by atoms with van der Waals surface area (Å²) in [6, 6.07) is 13.8. The minimum Gasteiger partial charge on any atom is -0.480 e. The zero-order chi connectivity index (χ0) is 27.0. The average molecular weight is 528 g/mol. The number of carboxylic acids is 1. The van der Waals surface area contributed by atoms with Gasteiger partial charge < -0.3 is 15.8 Å². The molecule has 9 nitrogen and oxygen atoms in total. The molecule has 1 aliphatic heterocycles. The van der Waals surface area contributed by atoms with Gasteiger partial charge in [-0.05, 0) is 42.9 Å². The van der Waals surface area contributed by atoms with Crippen molar-refractivity contribution in [2.24, 2.45) is 0 Å². The molecule has 1 aliphatic rings. The van der Waals surface area contributed by atoms with Gasteiger partial charge in [-0.25, -0.2) is 13.2 Å². The summed E-state index contributed by atoms with van der Waals surface area (Å²) in [5, 5.41) is 19.7. The molecule has 3 rings (SSSR count). The molecular weight excluding hydrogens is 494 g/mol. The number of hydrogen-bond acceptors (Lipinski definition) is 6. The van der Waals surface area contributed by atoms with Crippen molar-refractivity contribution >= 4 is 33.4 Å². The van der Waals surface area contributed by atoms with Crippen molar-refractivity contribution in [1.82, 2.24) is 9.62 Å². The highest BCUT2D eigenvalue weighted by Gasteiger charge is 2.39. The Morgan fingerprint density at radius 3 is 2.35 bits per heavy atom. The van der Waals surface area contributed by atoms with Crippen molar-refractivity contribution in [2.75, 3.05) is 6.54 Å². The van der Waals surface area contributed by atoms with Crippen molar-refractivity contribution in [3.63, 3.8) is 0 Å². The third kappa shape index (κ3) is 8.33. The number of amides is 1. The maximum absolute atomic E-state index is 13.0. The number of hydrogen-bond donors (Lipinski definition) is 3. The summed E-state index contributed by atoms with van der Waals surface area (Å²) < 4.78 is 27.1. The van der Waals surface area contributed by atoms with Gasteiger partial charge in [-0.3, -0.25) is 9.59 Å². The molecular formula is C27H33N3O6S. The molecule has 10 heteroatoms. The number of ketones is 1. The van der Waals surface area contributed by atoms with Crippen molar-refractivity contribution in [2.45, 2.75) is 63.3 Å². The third-order valence-electron chi connectivity index (χ3n) is 6.24. The van der Waals surface area contributed by atoms with Crippen molar-refractivity contribution in [3.8, 4) is 0 Å². The zero-order valence-corrected chi connectivity index (χ0v) is 21.7. The van der Waals surface area contributed by atoms with E-state index in [9.17, 15) is 27.9 Å². The van der Waals surface area contributed by atoms with Gasteiger partial charge in [0.25, 0.3) is 0 Å². The smallest absolute Gasteiger partial charge is 0.326 e. The second-order valence-electron chi connectivity index (χ2n) is 9.44. The van der Waals surface area contributed by atoms with Crippen molar-refractivity contribution in [3.05, 3.63) is 71.3 Å². The van der Waals surface area contributed by atoms with E-state index in [1.807, 2.05) is 24.3 Å². The van der Waals surface area contributed by atoms with Crippen LogP contribution in [0.5, 0.6) is 0 Å². The Hall–Kier alpha value is -3.37. The first-order valence-electron chi connectivity index (χ1n) is 12.3. The van der Waals surface area contributed by atoms with Gasteiger partial charge in [-0.1, -0.05) is 54.6 Å². The van der Waals surface area contributed by atoms with Gasteiger partial charge in [0.1, 0.15) is 17.9 Å². The number of carboxylic acid groups (broad SMARTS) is 1. The quantitative estimate of drug-likeness (QED) is 0.342. The number of nitrogens with zero attached hydrogens (tertiary/aromatic N) is 1. The molecule has 1 heterocycles. The number of nitrogens with one attached hydrogen (secondary N) is 2. The zero-order valence-electron chi connectivity index (χ0n) is 20.9. The highest BCUT2D eigenvalue weighted by Crippen LogP contribution is 2.24. The lowest BCUT2D eigenvalue weighted by Gasteiger charge is -2.25. The number of aliphatic carboxylic acids is 1. The molecule has 0 aromatic heterocycles. The molecule has 2 aromatic carbocycles. The number of carbonyl (C=O) groups excluding carboxylic acids is 2. The molecule has 198 valence electrons. The molecule has 0 radical (unpaired) electrons. The van der Waals surface area contributed by atoms with Crippen LogP contribution in [-0.4, -0.2) is 59.8 Å². The van der Waals surface area contributed by atoms with E-state index in [1.54, 1.807) is 37.3 Å². The van der Waals surface area contributed by atoms with Gasteiger partial charge in [0, 0.05) is 31.5 Å². The predicted octanol–water partition coefficient (Wildman–Crippen LogP) is 2.72. The fourth-order valence-electron chi connectivity index (χ4n) is 4.51. The molecule has 2 atom stereocenters. The summed E-state index contributed by atoms with van der Waals surface area (Å²) >= 11 is 0. The van der Waals surface area contributed by atoms with Crippen LogP contribution in [0.15, 0.2) is 54.6 Å². The molecule has 37 heavy (non-hydrogen) atoms. The Labute approximate surface area is 217 Å². The highest BCUT2D eigenvalue weighted by atomic mass is 32.2. The first-order chi connectivity index (χ1) is 17.5. The number of carbonyl (C=O) groups is 3. The Bertz CT molecular complexity index is 1250. The molecule has 0 aliphatic carbocycles. The molecule has 2 unspecified atom stereocenters. The summed E-state index contributed by atoms with van der Waals surface area (Å²) in [5.74, 6) is -2.35. The predicted molar refractivity (Wildman–Crippen MR) is 140 cm³/mol. The van der Waals surface area contributed by atoms with Crippen LogP contribution < -0.4 is 5.32 Å². The lowest BCUT2D eigenvalue weighted by molar-refractivity contribution is -0.142. The van der Waals surface area contributed by atoms with Crippen LogP contribution in [0, 0.1) is 5.41 Å². The van der Waals surface area contributed by atoms with Crippen LogP contribution in [0.2, 0.25) is 0 Å². The summed E-state index contributed by atoms with van der Waals surface area (Å²) in [6.07, 6.45) is 1.28. The Morgan fingerprint density at radius 2 is 1.70 bits per heavy atom. The number of Topliss-reactive ketones (excluding diaryl/α,β-unsaturated/α-hetero) is 1. The largest absolute Gasteiger partial charge is 0.480 e. The standard InChI is InChI=1S/C27H33N3O6S/c1-19(28)15-21-9-5-10-22(16-21)17-23(31)12-13-24(27(33)34)29-26(32)25-11-6-14-30(25)37(35,36)18-20-7-3-2-4-8-20/h2-5,7-10,16,24-25,28H,6,11-15,17-18H2,1H3,(H,29,32)(H,33,34). The van der Waals surface area contributed by atoms with E-state index in [0.717, 1.165) is 15.4 Å². The fraction of sp³-hybridized carbons (Fsp3) is 0.407. The Morgan fingerprint density at radius 1 is 1.05 bits per heavy atom. The SMILES string of the molecule is CC(=N)Cc1cccc(CC(=O)CCC(NC(=O)C2CCCN2S(=O)(=O)Cc2ccccc2)C(=O)O)c1. The summed E-state index contributed by atoms with van der Waals surface area (Å²) in [4.78, 5) is 37.3. The first kappa shape index (κ1) is 28.2. The van der Waals surface area contributed by atoms with Gasteiger partial charge in [0.15, 0.2) is 0 Å². The second kappa shape index (κ2) is 12.7. The van der Waals surface area contributed by atoms with E-state index in [4.69, 9.17) is 5.41 Å². The van der Waals surface area contributed by atoms with Crippen molar-refractivity contribution in [1.29, 1.82) is 5.41 Å². The normalized spacial score (nSPS) is 16.7. The minimum absolute atomic E-state index is 0.0498. The van der Waals surface area contributed by atoms with E-state index in [1.165, 1.54) is 0 Å². The van der Waals surface area contributed by atoms with Gasteiger partial charge in [0.05, 0.1) is 5.75 Å². The number of rotatable bonds is 13. The Kier molecular flexibility index (Phi) is 9.71. The molecule has 1 saturated heterocycles. The van der Waals surface area contributed by atoms with Gasteiger partial charge in [0.2, 0.25) is 15.9 Å². The summed E-state index contributed by atoms with van der Waals surface area (Å²) in [6.45, 7) is 1.90. The average Bonchev–Trinajstić information content (AvgIpc) is 3.33. The summed E-state index contributed by atoms with van der Waals surface area (Å²) in [7, 11) is -3.78. The van der Waals surface area contributed by atoms with Crippen LogP contribution in [0.25, 0.3) is 0 Å². The van der Waals surface area contributed by atoms with E-state index in [2.05, 4.69) is 5.32 Å². The monoisotopic (exact) mass is 527 g/mol. The van der Waals surface area contributed by atoms with Gasteiger partial charge in [-0.15, -0.1) is 0 Å². The van der Waals surface area contributed by atoms with Gasteiger partial charge >= 0.3 is 5.97 Å². The topological polar surface area (TPSA) is 145 Å². The lowest BCUT2D eigenvalue weighted by Crippen LogP contribution is -2.51. The number of benzene rings is 2. The van der Waals surface area contributed by atoms with Crippen LogP contribution in [0.4, 0.5) is 0 Å². The molecule has 0 bridgehead atoms. The van der Waals surface area contributed by atoms with Crippen LogP contribution >= 0.6 is 0 Å². The molecule has 1 amide bonds. The Balaban J connectivity index is 1.58. The highest BCUT2D eigenvalue weighted by molar-refractivity contribution is 7.88. The second-order valence-corrected chi connectivity index (χ2v) is 11.4. The number of sulfonamides is 1. The van der Waals surface area contributed by atoms with Crippen molar-refractivity contribution < 1.29 is 27.9 Å². The summed E-state index contributed by atoms with van der Waals surface area (Å²) in [5.41, 5.74) is 2.83. The lowest BCUT2D eigenvalue weighted by atomic mass is 10.00. The van der Waals surface area contributed by atoms with Crippen LogP contribution in [0.1, 0.15) is 49.3 Å². The van der Waals surface area contributed by atoms with E-state index in [-0.39, 0.29) is 37.3 Å². The van der Waals surface area contributed by atoms with Crippen LogP contribution in [0.3, 0.4) is 0 Å². The molecule has 1 fully saturated rings.